The average molecular weight is 186 g/mol. The highest BCUT2D eigenvalue weighted by Crippen LogP contribution is 1.90. The van der Waals surface area contributed by atoms with E-state index >= 15 is 0 Å². The van der Waals surface area contributed by atoms with Crippen LogP contribution in [0.25, 0.3) is 0 Å². The molecule has 0 rings (SSSR count). The molecule has 2 N–H and O–H groups in total. The van der Waals surface area contributed by atoms with Crippen molar-refractivity contribution in [3.8, 4) is 0 Å². The Bertz CT molecular complexity index is 164. The zero-order valence-electron chi connectivity index (χ0n) is 9.51. The van der Waals surface area contributed by atoms with Crippen molar-refractivity contribution in [1.82, 2.24) is 4.90 Å². The van der Waals surface area contributed by atoms with Crippen LogP contribution in [0.3, 0.4) is 0 Å². The van der Waals surface area contributed by atoms with E-state index < -0.39 is 0 Å². The van der Waals surface area contributed by atoms with Crippen LogP contribution in [0.15, 0.2) is 0 Å². The molecule has 3 nitrogen and oxygen atoms in total. The summed E-state index contributed by atoms with van der Waals surface area (Å²) in [6, 6.07) is 0. The van der Waals surface area contributed by atoms with Crippen molar-refractivity contribution in [3.05, 3.63) is 0 Å². The van der Waals surface area contributed by atoms with Crippen LogP contribution in [0.5, 0.6) is 0 Å². The Kier molecular flexibility index (Phi) is 6.37. The van der Waals surface area contributed by atoms with Crippen LogP contribution in [-0.4, -0.2) is 42.1 Å². The molecule has 0 unspecified atom stereocenters. The molecule has 0 fully saturated rings. The summed E-state index contributed by atoms with van der Waals surface area (Å²) in [5.74, 6) is 0.909. The Labute approximate surface area is 82.2 Å². The molecule has 78 valence electrons. The monoisotopic (exact) mass is 186 g/mol. The molecule has 0 heterocycles. The molecule has 0 aliphatic rings. The Morgan fingerprint density at radius 2 is 1.85 bits per heavy atom. The van der Waals surface area contributed by atoms with Crippen LogP contribution < -0.4 is 5.73 Å². The summed E-state index contributed by atoms with van der Waals surface area (Å²) in [7, 11) is 2.05. The highest BCUT2D eigenvalue weighted by Gasteiger charge is 2.12. The van der Waals surface area contributed by atoms with E-state index in [1.54, 1.807) is 0 Å². The maximum absolute atomic E-state index is 6.01. The van der Waals surface area contributed by atoms with Crippen molar-refractivity contribution in [2.24, 2.45) is 5.73 Å². The second-order valence-corrected chi connectivity index (χ2v) is 3.36. The predicted molar refractivity (Wildman–Crippen MR) is 58.1 cm³/mol. The van der Waals surface area contributed by atoms with Gasteiger partial charge in [-0.3, -0.25) is 15.2 Å². The van der Waals surface area contributed by atoms with Gasteiger partial charge in [0, 0.05) is 0 Å². The molecule has 0 aromatic carbocycles. The fourth-order valence-corrected chi connectivity index (χ4v) is 1.40. The van der Waals surface area contributed by atoms with Crippen LogP contribution in [0, 0.1) is 0 Å². The van der Waals surface area contributed by atoms with Crippen LogP contribution in [0.1, 0.15) is 33.6 Å². The molecule has 0 aromatic heterocycles. The largest absolute Gasteiger partial charge is 0.345 e. The van der Waals surface area contributed by atoms with E-state index in [4.69, 9.17) is 5.73 Å². The van der Waals surface area contributed by atoms with Gasteiger partial charge in [0.2, 0.25) is 0 Å². The molecule has 0 radical (unpaired) electrons. The lowest BCUT2D eigenvalue weighted by atomic mass is 10.4. The molecule has 0 aliphatic heterocycles. The van der Waals surface area contributed by atoms with Crippen molar-refractivity contribution in [1.29, 1.82) is 0 Å². The Balaban J connectivity index is 4.30. The van der Waals surface area contributed by atoms with Gasteiger partial charge in [-0.25, -0.2) is 0 Å². The van der Waals surface area contributed by atoms with E-state index in [1.807, 2.05) is 0 Å². The van der Waals surface area contributed by atoms with E-state index in [9.17, 15) is 0 Å². The Morgan fingerprint density at radius 1 is 1.23 bits per heavy atom. The third kappa shape index (κ3) is 4.15. The first-order valence-electron chi connectivity index (χ1n) is 5.25. The van der Waals surface area contributed by atoms with E-state index in [1.165, 1.54) is 0 Å². The molecular weight excluding hydrogens is 162 g/mol. The van der Waals surface area contributed by atoms with Gasteiger partial charge >= 0.3 is 5.96 Å². The number of hydrogen-bond acceptors (Lipinski definition) is 0. The lowest BCUT2D eigenvalue weighted by Gasteiger charge is -2.17. The molecule has 13 heavy (non-hydrogen) atoms. The molecule has 0 bridgehead atoms. The first-order chi connectivity index (χ1) is 6.17. The van der Waals surface area contributed by atoms with Crippen molar-refractivity contribution in [3.63, 3.8) is 0 Å². The zero-order chi connectivity index (χ0) is 10.3. The van der Waals surface area contributed by atoms with E-state index in [0.717, 1.165) is 38.4 Å². The van der Waals surface area contributed by atoms with Gasteiger partial charge in [-0.1, -0.05) is 13.8 Å². The van der Waals surface area contributed by atoms with Crippen molar-refractivity contribution >= 4 is 5.96 Å². The quantitative estimate of drug-likeness (QED) is 0.396. The minimum atomic E-state index is 0.909. The highest BCUT2D eigenvalue weighted by molar-refractivity contribution is 5.72. The van der Waals surface area contributed by atoms with Crippen LogP contribution in [0.2, 0.25) is 0 Å². The van der Waals surface area contributed by atoms with Crippen LogP contribution in [0.4, 0.5) is 0 Å². The summed E-state index contributed by atoms with van der Waals surface area (Å²) < 4.78 is 2.12. The third-order valence-electron chi connectivity index (χ3n) is 2.15. The smallest absolute Gasteiger partial charge is 0.291 e. The maximum atomic E-state index is 6.01. The SMILES string of the molecule is CCCN(CC)C(N)=[N+](C)CCC. The zero-order valence-corrected chi connectivity index (χ0v) is 9.51. The molecular formula is C10H24N3+. The molecule has 0 spiro atoms. The molecule has 0 aromatic rings. The Morgan fingerprint density at radius 3 is 2.23 bits per heavy atom. The fraction of sp³-hybridized carbons (Fsp3) is 0.900. The van der Waals surface area contributed by atoms with Gasteiger partial charge in [0.1, 0.15) is 0 Å². The Hall–Kier alpha value is -0.730. The average Bonchev–Trinajstić information content (AvgIpc) is 2.13. The van der Waals surface area contributed by atoms with Gasteiger partial charge < -0.3 is 0 Å². The summed E-state index contributed by atoms with van der Waals surface area (Å²) >= 11 is 0. The standard InChI is InChI=1S/C10H23N3/c1-5-8-12(4)10(11)13(7-3)9-6-2/h11H,5-9H2,1-4H3/p+1. The summed E-state index contributed by atoms with van der Waals surface area (Å²) in [6.45, 7) is 9.56. The van der Waals surface area contributed by atoms with Gasteiger partial charge in [-0.15, -0.1) is 0 Å². The van der Waals surface area contributed by atoms with Crippen molar-refractivity contribution < 1.29 is 4.58 Å². The lowest BCUT2D eigenvalue weighted by Crippen LogP contribution is -2.43. The van der Waals surface area contributed by atoms with Gasteiger partial charge in [-0.2, -0.15) is 0 Å². The minimum Gasteiger partial charge on any atom is -0.291 e. The van der Waals surface area contributed by atoms with Gasteiger partial charge in [0.25, 0.3) is 0 Å². The van der Waals surface area contributed by atoms with E-state index in [-0.39, 0.29) is 0 Å². The van der Waals surface area contributed by atoms with Gasteiger partial charge in [0.15, 0.2) is 0 Å². The number of guanidine groups is 1. The molecule has 0 saturated carbocycles. The molecule has 0 saturated heterocycles. The summed E-state index contributed by atoms with van der Waals surface area (Å²) in [4.78, 5) is 2.22. The van der Waals surface area contributed by atoms with E-state index in [2.05, 4.69) is 37.3 Å². The van der Waals surface area contributed by atoms with Gasteiger partial charge in [0.05, 0.1) is 26.7 Å². The normalized spacial score (nSPS) is 12.6. The number of nitrogens with zero attached hydrogens (tertiary/aromatic N) is 2. The van der Waals surface area contributed by atoms with Gasteiger partial charge in [-0.05, 0) is 19.8 Å². The number of nitrogens with two attached hydrogens (primary N) is 1. The van der Waals surface area contributed by atoms with Crippen molar-refractivity contribution in [2.45, 2.75) is 33.6 Å². The first-order valence-corrected chi connectivity index (χ1v) is 5.25. The molecule has 0 aliphatic carbocycles. The second-order valence-electron chi connectivity index (χ2n) is 3.36. The summed E-state index contributed by atoms with van der Waals surface area (Å²) in [5, 5.41) is 0. The van der Waals surface area contributed by atoms with Crippen LogP contribution in [-0.2, 0) is 0 Å². The fourth-order valence-electron chi connectivity index (χ4n) is 1.40. The minimum absolute atomic E-state index is 0.909. The second kappa shape index (κ2) is 6.75. The number of rotatable bonds is 5. The highest BCUT2D eigenvalue weighted by atomic mass is 15.3. The third-order valence-corrected chi connectivity index (χ3v) is 2.15. The molecule has 0 amide bonds. The molecule has 0 atom stereocenters. The summed E-state index contributed by atoms with van der Waals surface area (Å²) in [6.07, 6.45) is 2.29. The molecule has 3 heteroatoms. The van der Waals surface area contributed by atoms with E-state index in [0.29, 0.717) is 0 Å². The summed E-state index contributed by atoms with van der Waals surface area (Å²) in [5.41, 5.74) is 6.01. The van der Waals surface area contributed by atoms with Crippen LogP contribution >= 0.6 is 0 Å². The predicted octanol–water partition coefficient (Wildman–Crippen LogP) is 1.09. The topological polar surface area (TPSA) is 32.3 Å². The lowest BCUT2D eigenvalue weighted by molar-refractivity contribution is -0.503. The van der Waals surface area contributed by atoms with Crippen molar-refractivity contribution in [2.75, 3.05) is 26.7 Å². The maximum Gasteiger partial charge on any atom is 0.345 e. The first kappa shape index (κ1) is 12.3. The number of hydrogen-bond donors (Lipinski definition) is 1.